The first-order valence-corrected chi connectivity index (χ1v) is 5.37. The highest BCUT2D eigenvalue weighted by Gasteiger charge is 2.19. The predicted octanol–water partition coefficient (Wildman–Crippen LogP) is 1.26. The molecule has 0 aliphatic carbocycles. The Balaban J connectivity index is 2.41. The molecule has 0 spiro atoms. The van der Waals surface area contributed by atoms with Crippen LogP contribution in [0.4, 0.5) is 0 Å². The third-order valence-corrected chi connectivity index (χ3v) is 2.28. The van der Waals surface area contributed by atoms with Crippen LogP contribution >= 0.6 is 11.6 Å². The quantitative estimate of drug-likeness (QED) is 0.773. The fraction of sp³-hybridized carbons (Fsp3) is 0.600. The Labute approximate surface area is 94.6 Å². The number of rotatable bonds is 5. The summed E-state index contributed by atoms with van der Waals surface area (Å²) in [4.78, 5) is 11.0. The third kappa shape index (κ3) is 4.34. The molecule has 1 aromatic heterocycles. The molecule has 0 atom stereocenters. The van der Waals surface area contributed by atoms with Crippen molar-refractivity contribution in [3.8, 4) is 0 Å². The summed E-state index contributed by atoms with van der Waals surface area (Å²) in [6.45, 7) is 5.51. The van der Waals surface area contributed by atoms with Crippen LogP contribution in [-0.4, -0.2) is 28.1 Å². The van der Waals surface area contributed by atoms with Crippen molar-refractivity contribution >= 4 is 17.5 Å². The van der Waals surface area contributed by atoms with Crippen LogP contribution in [0.5, 0.6) is 0 Å². The molecule has 0 bridgehead atoms. The van der Waals surface area contributed by atoms with Crippen LogP contribution in [0, 0.1) is 5.41 Å². The zero-order valence-electron chi connectivity index (χ0n) is 9.03. The number of carbonyl (C=O) groups is 1. The minimum absolute atomic E-state index is 0.0118. The van der Waals surface area contributed by atoms with Crippen LogP contribution in [-0.2, 0) is 11.3 Å². The fourth-order valence-corrected chi connectivity index (χ4v) is 1.37. The van der Waals surface area contributed by atoms with Crippen LogP contribution in [0.15, 0.2) is 18.5 Å². The van der Waals surface area contributed by atoms with E-state index in [2.05, 4.69) is 24.3 Å². The molecule has 0 saturated carbocycles. The third-order valence-electron chi connectivity index (χ3n) is 2.03. The maximum atomic E-state index is 11.0. The predicted molar refractivity (Wildman–Crippen MR) is 59.7 cm³/mol. The highest BCUT2D eigenvalue weighted by molar-refractivity contribution is 6.27. The molecule has 15 heavy (non-hydrogen) atoms. The van der Waals surface area contributed by atoms with Crippen molar-refractivity contribution in [2.75, 3.05) is 12.4 Å². The number of carbonyl (C=O) groups excluding carboxylic acids is 1. The molecule has 1 amide bonds. The van der Waals surface area contributed by atoms with Gasteiger partial charge in [0.2, 0.25) is 5.91 Å². The molecular weight excluding hydrogens is 214 g/mol. The van der Waals surface area contributed by atoms with E-state index >= 15 is 0 Å². The molecule has 5 heteroatoms. The minimum atomic E-state index is -0.134. The lowest BCUT2D eigenvalue weighted by Gasteiger charge is -2.24. The van der Waals surface area contributed by atoms with Crippen molar-refractivity contribution in [2.45, 2.75) is 20.4 Å². The smallest absolute Gasteiger partial charge is 0.234 e. The highest BCUT2D eigenvalue weighted by atomic mass is 35.5. The normalized spacial score (nSPS) is 11.4. The van der Waals surface area contributed by atoms with Gasteiger partial charge in [0.1, 0.15) is 5.88 Å². The van der Waals surface area contributed by atoms with Crippen molar-refractivity contribution < 1.29 is 4.79 Å². The maximum absolute atomic E-state index is 11.0. The summed E-state index contributed by atoms with van der Waals surface area (Å²) in [6, 6.07) is 1.88. The van der Waals surface area contributed by atoms with E-state index in [0.29, 0.717) is 6.54 Å². The summed E-state index contributed by atoms with van der Waals surface area (Å²) in [5, 5.41) is 6.90. The van der Waals surface area contributed by atoms with Crippen molar-refractivity contribution in [1.82, 2.24) is 15.1 Å². The lowest BCUT2D eigenvalue weighted by molar-refractivity contribution is -0.119. The molecule has 0 unspecified atom stereocenters. The van der Waals surface area contributed by atoms with Gasteiger partial charge in [-0.25, -0.2) is 0 Å². The molecule has 1 N–H and O–H groups in total. The van der Waals surface area contributed by atoms with E-state index in [1.165, 1.54) is 0 Å². The molecule has 1 heterocycles. The van der Waals surface area contributed by atoms with Gasteiger partial charge in [-0.2, -0.15) is 5.10 Å². The lowest BCUT2D eigenvalue weighted by Crippen LogP contribution is -2.37. The Kier molecular flexibility index (Phi) is 4.15. The maximum Gasteiger partial charge on any atom is 0.234 e. The lowest BCUT2D eigenvalue weighted by atomic mass is 9.93. The number of hydrogen-bond acceptors (Lipinski definition) is 2. The van der Waals surface area contributed by atoms with E-state index in [0.717, 1.165) is 6.54 Å². The van der Waals surface area contributed by atoms with E-state index in [1.807, 2.05) is 16.9 Å². The summed E-state index contributed by atoms with van der Waals surface area (Å²) in [7, 11) is 0. The molecule has 84 valence electrons. The molecule has 0 aliphatic rings. The second-order valence-electron chi connectivity index (χ2n) is 4.28. The van der Waals surface area contributed by atoms with Crippen molar-refractivity contribution in [3.05, 3.63) is 18.5 Å². The van der Waals surface area contributed by atoms with E-state index < -0.39 is 0 Å². The summed E-state index contributed by atoms with van der Waals surface area (Å²) in [6.07, 6.45) is 3.65. The molecule has 4 nitrogen and oxygen atoms in total. The summed E-state index contributed by atoms with van der Waals surface area (Å²) < 4.78 is 1.85. The zero-order valence-corrected chi connectivity index (χ0v) is 9.79. The van der Waals surface area contributed by atoms with Gasteiger partial charge < -0.3 is 5.32 Å². The number of hydrogen-bond donors (Lipinski definition) is 1. The van der Waals surface area contributed by atoms with Gasteiger partial charge in [0, 0.05) is 30.9 Å². The number of nitrogens with zero attached hydrogens (tertiary/aromatic N) is 2. The Morgan fingerprint density at radius 2 is 2.33 bits per heavy atom. The molecular formula is C10H16ClN3O. The summed E-state index contributed by atoms with van der Waals surface area (Å²) in [5.41, 5.74) is -0.0340. The van der Waals surface area contributed by atoms with Crippen LogP contribution in [0.3, 0.4) is 0 Å². The Morgan fingerprint density at radius 1 is 1.60 bits per heavy atom. The molecule has 1 aromatic rings. The molecule has 0 fully saturated rings. The van der Waals surface area contributed by atoms with Crippen LogP contribution in [0.25, 0.3) is 0 Å². The number of halogens is 1. The average Bonchev–Trinajstić information content (AvgIpc) is 2.66. The standard InChI is InChI=1S/C10H16ClN3O/c1-10(2,7-12-9(15)6-11)8-14-5-3-4-13-14/h3-5H,6-8H2,1-2H3,(H,12,15). The highest BCUT2D eigenvalue weighted by Crippen LogP contribution is 2.15. The number of aromatic nitrogens is 2. The van der Waals surface area contributed by atoms with E-state index in [4.69, 9.17) is 11.6 Å². The number of alkyl halides is 1. The first kappa shape index (κ1) is 12.0. The second kappa shape index (κ2) is 5.16. The van der Waals surface area contributed by atoms with Crippen LogP contribution in [0.2, 0.25) is 0 Å². The number of amides is 1. The molecule has 1 rings (SSSR count). The van der Waals surface area contributed by atoms with Gasteiger partial charge in [0.25, 0.3) is 0 Å². The first-order chi connectivity index (χ1) is 7.03. The van der Waals surface area contributed by atoms with Gasteiger partial charge in [-0.15, -0.1) is 11.6 Å². The van der Waals surface area contributed by atoms with Crippen molar-refractivity contribution in [1.29, 1.82) is 0 Å². The zero-order chi connectivity index (χ0) is 11.3. The van der Waals surface area contributed by atoms with Gasteiger partial charge >= 0.3 is 0 Å². The average molecular weight is 230 g/mol. The largest absolute Gasteiger partial charge is 0.354 e. The molecule has 0 saturated heterocycles. The van der Waals surface area contributed by atoms with Crippen molar-refractivity contribution in [2.24, 2.45) is 5.41 Å². The van der Waals surface area contributed by atoms with Gasteiger partial charge in [0.15, 0.2) is 0 Å². The van der Waals surface area contributed by atoms with Crippen LogP contribution in [0.1, 0.15) is 13.8 Å². The van der Waals surface area contributed by atoms with Crippen molar-refractivity contribution in [3.63, 3.8) is 0 Å². The Hall–Kier alpha value is -1.03. The Morgan fingerprint density at radius 3 is 2.87 bits per heavy atom. The molecule has 0 aromatic carbocycles. The topological polar surface area (TPSA) is 46.9 Å². The summed E-state index contributed by atoms with van der Waals surface area (Å²) >= 11 is 5.39. The SMILES string of the molecule is CC(C)(CNC(=O)CCl)Cn1cccn1. The molecule has 0 aliphatic heterocycles. The van der Waals surface area contributed by atoms with Gasteiger partial charge in [0.05, 0.1) is 0 Å². The number of nitrogens with one attached hydrogen (secondary N) is 1. The van der Waals surface area contributed by atoms with E-state index in [-0.39, 0.29) is 17.2 Å². The minimum Gasteiger partial charge on any atom is -0.354 e. The van der Waals surface area contributed by atoms with E-state index in [1.54, 1.807) is 6.20 Å². The monoisotopic (exact) mass is 229 g/mol. The van der Waals surface area contributed by atoms with E-state index in [9.17, 15) is 4.79 Å². The summed E-state index contributed by atoms with van der Waals surface area (Å²) in [5.74, 6) is -0.122. The van der Waals surface area contributed by atoms with Crippen LogP contribution < -0.4 is 5.32 Å². The van der Waals surface area contributed by atoms with Gasteiger partial charge in [-0.1, -0.05) is 13.8 Å². The second-order valence-corrected chi connectivity index (χ2v) is 4.55. The first-order valence-electron chi connectivity index (χ1n) is 4.83. The van der Waals surface area contributed by atoms with Gasteiger partial charge in [-0.05, 0) is 6.07 Å². The fourth-order valence-electron chi connectivity index (χ4n) is 1.27. The van der Waals surface area contributed by atoms with Gasteiger partial charge in [-0.3, -0.25) is 9.48 Å². The Bertz CT molecular complexity index is 308. The molecule has 0 radical (unpaired) electrons.